The second kappa shape index (κ2) is 8.51. The molecule has 32 heavy (non-hydrogen) atoms. The van der Waals surface area contributed by atoms with Crippen molar-refractivity contribution in [3.05, 3.63) is 66.2 Å². The second-order valence-corrected chi connectivity index (χ2v) is 8.31. The van der Waals surface area contributed by atoms with Crippen LogP contribution in [0.5, 0.6) is 0 Å². The van der Waals surface area contributed by atoms with E-state index >= 15 is 0 Å². The first-order valence-electron chi connectivity index (χ1n) is 10.9. The first kappa shape index (κ1) is 20.3. The van der Waals surface area contributed by atoms with Gasteiger partial charge < -0.3 is 15.5 Å². The summed E-state index contributed by atoms with van der Waals surface area (Å²) in [6.07, 6.45) is 6.82. The molecule has 0 amide bonds. The van der Waals surface area contributed by atoms with Crippen molar-refractivity contribution in [1.29, 1.82) is 0 Å². The number of esters is 1. The van der Waals surface area contributed by atoms with Crippen LogP contribution in [-0.2, 0) is 4.74 Å². The molecular weight excluding hydrogens is 402 g/mol. The minimum atomic E-state index is -0.378. The standard InChI is InChI=1S/C25H25N5O2/c1-15-5-4-7-21(30-15)24-23(28-14-29-24)16-9-10-20-17(11-16)12-18(13-27-20)25(31)32-22-8-3-2-6-19(22)26/h4-5,7,9-14,19,22H,2-3,6,8,26H2,1H3,(H,28,29)/t19-,22-/m0/s1. The lowest BCUT2D eigenvalue weighted by Gasteiger charge is -2.28. The Balaban J connectivity index is 1.46. The van der Waals surface area contributed by atoms with E-state index < -0.39 is 0 Å². The van der Waals surface area contributed by atoms with Gasteiger partial charge in [-0.25, -0.2) is 9.78 Å². The highest BCUT2D eigenvalue weighted by Gasteiger charge is 2.26. The van der Waals surface area contributed by atoms with Crippen LogP contribution in [0.25, 0.3) is 33.5 Å². The summed E-state index contributed by atoms with van der Waals surface area (Å²) in [5.74, 6) is -0.378. The number of aromatic amines is 1. The zero-order chi connectivity index (χ0) is 22.1. The van der Waals surface area contributed by atoms with E-state index in [1.165, 1.54) is 0 Å². The fourth-order valence-corrected chi connectivity index (χ4v) is 4.26. The second-order valence-electron chi connectivity index (χ2n) is 8.31. The fraction of sp³-hybridized carbons (Fsp3) is 0.280. The molecule has 7 nitrogen and oxygen atoms in total. The van der Waals surface area contributed by atoms with Crippen molar-refractivity contribution in [2.24, 2.45) is 5.73 Å². The third-order valence-electron chi connectivity index (χ3n) is 5.99. The summed E-state index contributed by atoms with van der Waals surface area (Å²) >= 11 is 0. The molecule has 3 heterocycles. The first-order chi connectivity index (χ1) is 15.6. The number of nitrogens with zero attached hydrogens (tertiary/aromatic N) is 3. The van der Waals surface area contributed by atoms with Crippen molar-refractivity contribution in [3.8, 4) is 22.6 Å². The van der Waals surface area contributed by atoms with Crippen LogP contribution in [0.1, 0.15) is 41.7 Å². The average Bonchev–Trinajstić information content (AvgIpc) is 3.30. The van der Waals surface area contributed by atoms with Crippen LogP contribution in [0.3, 0.4) is 0 Å². The number of rotatable bonds is 4. The number of nitrogens with two attached hydrogens (primary N) is 1. The molecule has 0 saturated heterocycles. The summed E-state index contributed by atoms with van der Waals surface area (Å²) < 4.78 is 5.70. The number of hydrogen-bond donors (Lipinski definition) is 2. The van der Waals surface area contributed by atoms with Gasteiger partial charge in [-0.05, 0) is 56.5 Å². The smallest absolute Gasteiger partial charge is 0.340 e. The predicted molar refractivity (Wildman–Crippen MR) is 123 cm³/mol. The first-order valence-corrected chi connectivity index (χ1v) is 10.9. The Hall–Kier alpha value is -3.58. The van der Waals surface area contributed by atoms with Crippen molar-refractivity contribution < 1.29 is 9.53 Å². The van der Waals surface area contributed by atoms with Crippen molar-refractivity contribution in [2.45, 2.75) is 44.8 Å². The molecule has 0 radical (unpaired) electrons. The molecule has 0 bridgehead atoms. The normalized spacial score (nSPS) is 18.6. The summed E-state index contributed by atoms with van der Waals surface area (Å²) in [6, 6.07) is 13.5. The molecule has 3 N–H and O–H groups in total. The monoisotopic (exact) mass is 427 g/mol. The van der Waals surface area contributed by atoms with Crippen LogP contribution in [0.2, 0.25) is 0 Å². The van der Waals surface area contributed by atoms with Gasteiger partial charge in [0.15, 0.2) is 0 Å². The van der Waals surface area contributed by atoms with Gasteiger partial charge in [0.2, 0.25) is 0 Å². The van der Waals surface area contributed by atoms with Gasteiger partial charge in [-0.2, -0.15) is 0 Å². The molecular formula is C25H25N5O2. The number of pyridine rings is 2. The van der Waals surface area contributed by atoms with E-state index in [4.69, 9.17) is 10.5 Å². The number of carbonyl (C=O) groups excluding carboxylic acids is 1. The molecule has 4 aromatic rings. The van der Waals surface area contributed by atoms with Gasteiger partial charge in [0.05, 0.1) is 34.5 Å². The highest BCUT2D eigenvalue weighted by atomic mass is 16.5. The SMILES string of the molecule is Cc1cccc(-c2[nH]cnc2-c2ccc3ncc(C(=O)O[C@H]4CCCC[C@@H]4N)cc3c2)n1. The average molecular weight is 428 g/mol. The van der Waals surface area contributed by atoms with E-state index in [-0.39, 0.29) is 18.1 Å². The van der Waals surface area contributed by atoms with Gasteiger partial charge in [-0.15, -0.1) is 0 Å². The summed E-state index contributed by atoms with van der Waals surface area (Å²) in [6.45, 7) is 1.96. The number of aryl methyl sites for hydroxylation is 1. The molecule has 162 valence electrons. The minimum absolute atomic E-state index is 0.0963. The van der Waals surface area contributed by atoms with Crippen molar-refractivity contribution >= 4 is 16.9 Å². The molecule has 0 spiro atoms. The molecule has 0 unspecified atom stereocenters. The lowest BCUT2D eigenvalue weighted by Crippen LogP contribution is -2.40. The van der Waals surface area contributed by atoms with E-state index in [1.54, 1.807) is 12.5 Å². The van der Waals surface area contributed by atoms with E-state index in [0.29, 0.717) is 5.56 Å². The van der Waals surface area contributed by atoms with Gasteiger partial charge in [-0.3, -0.25) is 9.97 Å². The third-order valence-corrected chi connectivity index (χ3v) is 5.99. The molecule has 5 rings (SSSR count). The fourth-order valence-electron chi connectivity index (χ4n) is 4.26. The highest BCUT2D eigenvalue weighted by molar-refractivity contribution is 5.95. The minimum Gasteiger partial charge on any atom is -0.457 e. The van der Waals surface area contributed by atoms with Crippen LogP contribution in [0.4, 0.5) is 0 Å². The third kappa shape index (κ3) is 3.99. The Morgan fingerprint density at radius 3 is 2.84 bits per heavy atom. The van der Waals surface area contributed by atoms with Gasteiger partial charge in [0.1, 0.15) is 6.10 Å². The number of benzene rings is 1. The Bertz CT molecular complexity index is 1280. The van der Waals surface area contributed by atoms with E-state index in [0.717, 1.165) is 64.9 Å². The van der Waals surface area contributed by atoms with Crippen molar-refractivity contribution in [2.75, 3.05) is 0 Å². The van der Waals surface area contributed by atoms with Crippen molar-refractivity contribution in [3.63, 3.8) is 0 Å². The summed E-state index contributed by atoms with van der Waals surface area (Å²) in [5.41, 5.74) is 11.7. The van der Waals surface area contributed by atoms with Crippen molar-refractivity contribution in [1.82, 2.24) is 19.9 Å². The quantitative estimate of drug-likeness (QED) is 0.467. The largest absolute Gasteiger partial charge is 0.457 e. The van der Waals surface area contributed by atoms with E-state index in [1.807, 2.05) is 49.4 Å². The van der Waals surface area contributed by atoms with Crippen LogP contribution >= 0.6 is 0 Å². The van der Waals surface area contributed by atoms with Gasteiger partial charge in [-0.1, -0.05) is 18.6 Å². The van der Waals surface area contributed by atoms with Gasteiger partial charge in [0, 0.05) is 28.9 Å². The molecule has 3 aromatic heterocycles. The molecule has 1 fully saturated rings. The maximum atomic E-state index is 12.7. The van der Waals surface area contributed by atoms with Crippen LogP contribution < -0.4 is 5.73 Å². The van der Waals surface area contributed by atoms with E-state index in [2.05, 4.69) is 19.9 Å². The van der Waals surface area contributed by atoms with Gasteiger partial charge in [0.25, 0.3) is 0 Å². The maximum Gasteiger partial charge on any atom is 0.340 e. The molecule has 2 atom stereocenters. The topological polar surface area (TPSA) is 107 Å². The van der Waals surface area contributed by atoms with Crippen LogP contribution in [0, 0.1) is 6.92 Å². The number of hydrogen-bond acceptors (Lipinski definition) is 6. The highest BCUT2D eigenvalue weighted by Crippen LogP contribution is 2.30. The summed E-state index contributed by atoms with van der Waals surface area (Å²) in [5, 5.41) is 0.844. The molecule has 1 saturated carbocycles. The molecule has 1 aromatic carbocycles. The lowest BCUT2D eigenvalue weighted by atomic mass is 9.93. The Kier molecular flexibility index (Phi) is 5.41. The van der Waals surface area contributed by atoms with Crippen LogP contribution in [-0.4, -0.2) is 38.1 Å². The van der Waals surface area contributed by atoms with Gasteiger partial charge >= 0.3 is 5.97 Å². The Morgan fingerprint density at radius 1 is 1.12 bits per heavy atom. The maximum absolute atomic E-state index is 12.7. The summed E-state index contributed by atoms with van der Waals surface area (Å²) in [7, 11) is 0. The Morgan fingerprint density at radius 2 is 2.00 bits per heavy atom. The predicted octanol–water partition coefficient (Wildman–Crippen LogP) is 4.42. The zero-order valence-electron chi connectivity index (χ0n) is 17.9. The lowest BCUT2D eigenvalue weighted by molar-refractivity contribution is 0.0151. The molecule has 7 heteroatoms. The molecule has 1 aliphatic rings. The Labute approximate surface area is 186 Å². The number of ether oxygens (including phenoxy) is 1. The van der Waals surface area contributed by atoms with Crippen LogP contribution in [0.15, 0.2) is 55.0 Å². The number of nitrogens with one attached hydrogen (secondary N) is 1. The number of carbonyl (C=O) groups is 1. The van der Waals surface area contributed by atoms with E-state index in [9.17, 15) is 4.79 Å². The number of imidazole rings is 1. The summed E-state index contributed by atoms with van der Waals surface area (Å²) in [4.78, 5) is 29.5. The zero-order valence-corrected chi connectivity index (χ0v) is 17.9. The molecule has 1 aliphatic carbocycles. The number of fused-ring (bicyclic) bond motifs is 1. The number of aromatic nitrogens is 4. The molecule has 0 aliphatic heterocycles. The number of H-pyrrole nitrogens is 1.